The van der Waals surface area contributed by atoms with Gasteiger partial charge in [0, 0.05) is 18.2 Å². The highest BCUT2D eigenvalue weighted by Crippen LogP contribution is 2.27. The molecule has 1 fully saturated rings. The highest BCUT2D eigenvalue weighted by Gasteiger charge is 2.24. The van der Waals surface area contributed by atoms with Gasteiger partial charge in [-0.3, -0.25) is 9.59 Å². The van der Waals surface area contributed by atoms with Gasteiger partial charge >= 0.3 is 0 Å². The molecule has 1 saturated carbocycles. The average Bonchev–Trinajstić information content (AvgIpc) is 2.59. The number of aliphatic hydroxyl groups is 1. The van der Waals surface area contributed by atoms with Crippen LogP contribution in [0, 0.1) is 19.8 Å². The van der Waals surface area contributed by atoms with Crippen molar-refractivity contribution >= 4 is 11.8 Å². The highest BCUT2D eigenvalue weighted by molar-refractivity contribution is 5.96. The summed E-state index contributed by atoms with van der Waals surface area (Å²) in [5.74, 6) is 0.0000436. The Labute approximate surface area is 150 Å². The predicted molar refractivity (Wildman–Crippen MR) is 98.5 cm³/mol. The average molecular weight is 346 g/mol. The molecule has 0 aromatic heterocycles. The van der Waals surface area contributed by atoms with E-state index >= 15 is 0 Å². The summed E-state index contributed by atoms with van der Waals surface area (Å²) in [6.07, 6.45) is 6.39. The molecule has 1 aromatic rings. The summed E-state index contributed by atoms with van der Waals surface area (Å²) in [5.41, 5.74) is 2.62. The van der Waals surface area contributed by atoms with E-state index in [1.165, 1.54) is 19.3 Å². The Morgan fingerprint density at radius 3 is 2.36 bits per heavy atom. The van der Waals surface area contributed by atoms with E-state index in [-0.39, 0.29) is 31.0 Å². The second-order valence-corrected chi connectivity index (χ2v) is 7.14. The molecule has 0 saturated heterocycles. The smallest absolute Gasteiger partial charge is 0.251 e. The van der Waals surface area contributed by atoms with Gasteiger partial charge < -0.3 is 15.7 Å². The van der Waals surface area contributed by atoms with Crippen LogP contribution in [-0.2, 0) is 4.79 Å². The first-order chi connectivity index (χ1) is 12.0. The number of rotatable bonds is 7. The van der Waals surface area contributed by atoms with Crippen LogP contribution in [0.4, 0.5) is 0 Å². The van der Waals surface area contributed by atoms with E-state index < -0.39 is 0 Å². The van der Waals surface area contributed by atoms with Crippen molar-refractivity contribution in [2.45, 2.75) is 58.4 Å². The Kier molecular flexibility index (Phi) is 7.44. The number of aliphatic hydroxyl groups excluding tert-OH is 1. The fourth-order valence-electron chi connectivity index (χ4n) is 3.73. The maximum absolute atomic E-state index is 12.2. The van der Waals surface area contributed by atoms with Gasteiger partial charge in [-0.05, 0) is 51.2 Å². The fraction of sp³-hybridized carbons (Fsp3) is 0.600. The summed E-state index contributed by atoms with van der Waals surface area (Å²) in [7, 11) is 0. The quantitative estimate of drug-likeness (QED) is 0.710. The zero-order valence-corrected chi connectivity index (χ0v) is 15.3. The van der Waals surface area contributed by atoms with Crippen LogP contribution in [-0.4, -0.2) is 36.1 Å². The van der Waals surface area contributed by atoms with Crippen molar-refractivity contribution in [2.24, 2.45) is 5.92 Å². The summed E-state index contributed by atoms with van der Waals surface area (Å²) in [4.78, 5) is 24.5. The first kappa shape index (κ1) is 19.4. The number of amides is 2. The van der Waals surface area contributed by atoms with Crippen LogP contribution in [0.25, 0.3) is 0 Å². The second kappa shape index (κ2) is 9.56. The van der Waals surface area contributed by atoms with E-state index in [0.29, 0.717) is 17.9 Å². The van der Waals surface area contributed by atoms with Crippen LogP contribution in [0.2, 0.25) is 0 Å². The lowest BCUT2D eigenvalue weighted by Crippen LogP contribution is -2.46. The number of carbonyl (C=O) groups is 2. The Morgan fingerprint density at radius 2 is 1.76 bits per heavy atom. The molecule has 2 rings (SSSR count). The van der Waals surface area contributed by atoms with Crippen molar-refractivity contribution in [2.75, 3.05) is 13.2 Å². The van der Waals surface area contributed by atoms with Gasteiger partial charge in [-0.2, -0.15) is 0 Å². The van der Waals surface area contributed by atoms with Crippen molar-refractivity contribution < 1.29 is 14.7 Å². The summed E-state index contributed by atoms with van der Waals surface area (Å²) in [5, 5.41) is 15.0. The van der Waals surface area contributed by atoms with Gasteiger partial charge in [0.05, 0.1) is 6.54 Å². The van der Waals surface area contributed by atoms with Crippen molar-refractivity contribution in [3.05, 3.63) is 34.9 Å². The van der Waals surface area contributed by atoms with Crippen molar-refractivity contribution in [3.63, 3.8) is 0 Å². The molecule has 0 spiro atoms. The molecule has 3 N–H and O–H groups in total. The Balaban J connectivity index is 1.86. The summed E-state index contributed by atoms with van der Waals surface area (Å²) >= 11 is 0. The maximum atomic E-state index is 12.2. The predicted octanol–water partition coefficient (Wildman–Crippen LogP) is 2.48. The molecule has 0 radical (unpaired) electrons. The number of aryl methyl sites for hydroxylation is 2. The van der Waals surface area contributed by atoms with E-state index in [1.807, 2.05) is 32.0 Å². The Hall–Kier alpha value is -1.88. The minimum Gasteiger partial charge on any atom is -0.396 e. The van der Waals surface area contributed by atoms with Gasteiger partial charge in [0.15, 0.2) is 0 Å². The third-order valence-corrected chi connectivity index (χ3v) is 4.90. The van der Waals surface area contributed by atoms with Gasteiger partial charge in [-0.1, -0.05) is 36.5 Å². The lowest BCUT2D eigenvalue weighted by atomic mass is 9.82. The van der Waals surface area contributed by atoms with Gasteiger partial charge in [0.1, 0.15) is 0 Å². The summed E-state index contributed by atoms with van der Waals surface area (Å²) in [6.45, 7) is 3.91. The molecular weight excluding hydrogens is 316 g/mol. The standard InChI is InChI=1S/C20H30N2O3/c1-14-10-15(2)12-17(11-14)20(25)21-13-19(24)22-18(8-9-23)16-6-4-3-5-7-16/h10-12,16,18,23H,3-9,13H2,1-2H3,(H,21,25)(H,22,24). The Morgan fingerprint density at radius 1 is 1.12 bits per heavy atom. The van der Waals surface area contributed by atoms with E-state index in [2.05, 4.69) is 10.6 Å². The molecule has 1 unspecified atom stereocenters. The van der Waals surface area contributed by atoms with Gasteiger partial charge in [0.25, 0.3) is 5.91 Å². The van der Waals surface area contributed by atoms with E-state index in [9.17, 15) is 14.7 Å². The number of hydrogen-bond acceptors (Lipinski definition) is 3. The molecule has 138 valence electrons. The third-order valence-electron chi connectivity index (χ3n) is 4.90. The van der Waals surface area contributed by atoms with Crippen LogP contribution in [0.15, 0.2) is 18.2 Å². The van der Waals surface area contributed by atoms with Crippen molar-refractivity contribution in [3.8, 4) is 0 Å². The third kappa shape index (κ3) is 6.16. The van der Waals surface area contributed by atoms with Crippen LogP contribution in [0.5, 0.6) is 0 Å². The lowest BCUT2D eigenvalue weighted by molar-refractivity contribution is -0.121. The zero-order chi connectivity index (χ0) is 18.2. The van der Waals surface area contributed by atoms with E-state index in [1.54, 1.807) is 0 Å². The first-order valence-electron chi connectivity index (χ1n) is 9.26. The highest BCUT2D eigenvalue weighted by atomic mass is 16.3. The molecule has 0 heterocycles. The molecule has 5 nitrogen and oxygen atoms in total. The van der Waals surface area contributed by atoms with Gasteiger partial charge in [0.2, 0.25) is 5.91 Å². The molecule has 1 aliphatic rings. The van der Waals surface area contributed by atoms with Crippen LogP contribution in [0.3, 0.4) is 0 Å². The SMILES string of the molecule is Cc1cc(C)cc(C(=O)NCC(=O)NC(CCO)C2CCCCC2)c1. The van der Waals surface area contributed by atoms with E-state index in [0.717, 1.165) is 24.0 Å². The number of nitrogens with one attached hydrogen (secondary N) is 2. The number of hydrogen-bond donors (Lipinski definition) is 3. The zero-order valence-electron chi connectivity index (χ0n) is 15.3. The minimum atomic E-state index is -0.238. The molecule has 0 aliphatic heterocycles. The summed E-state index contributed by atoms with van der Waals surface area (Å²) in [6, 6.07) is 5.64. The molecule has 5 heteroatoms. The molecule has 1 aliphatic carbocycles. The van der Waals surface area contributed by atoms with Crippen molar-refractivity contribution in [1.29, 1.82) is 0 Å². The normalized spacial score (nSPS) is 16.3. The summed E-state index contributed by atoms with van der Waals surface area (Å²) < 4.78 is 0. The number of benzene rings is 1. The van der Waals surface area contributed by atoms with Crippen molar-refractivity contribution in [1.82, 2.24) is 10.6 Å². The van der Waals surface area contributed by atoms with E-state index in [4.69, 9.17) is 0 Å². The minimum absolute atomic E-state index is 0.00378. The molecule has 2 amide bonds. The molecular formula is C20H30N2O3. The van der Waals surface area contributed by atoms with Crippen LogP contribution in [0.1, 0.15) is 60.0 Å². The van der Waals surface area contributed by atoms with Crippen LogP contribution >= 0.6 is 0 Å². The Bertz CT molecular complexity index is 574. The van der Waals surface area contributed by atoms with Gasteiger partial charge in [-0.15, -0.1) is 0 Å². The first-order valence-corrected chi connectivity index (χ1v) is 9.26. The fourth-order valence-corrected chi connectivity index (χ4v) is 3.73. The monoisotopic (exact) mass is 346 g/mol. The number of carbonyl (C=O) groups excluding carboxylic acids is 2. The molecule has 1 atom stereocenters. The van der Waals surface area contributed by atoms with Gasteiger partial charge in [-0.25, -0.2) is 0 Å². The molecule has 0 bridgehead atoms. The topological polar surface area (TPSA) is 78.4 Å². The lowest BCUT2D eigenvalue weighted by Gasteiger charge is -2.30. The largest absolute Gasteiger partial charge is 0.396 e. The van der Waals surface area contributed by atoms with Crippen LogP contribution < -0.4 is 10.6 Å². The maximum Gasteiger partial charge on any atom is 0.251 e. The molecule has 1 aromatic carbocycles. The molecule has 25 heavy (non-hydrogen) atoms. The second-order valence-electron chi connectivity index (χ2n) is 7.14.